The molecule has 3 unspecified atom stereocenters. The Balaban J connectivity index is 2.67. The van der Waals surface area contributed by atoms with Crippen LogP contribution in [0.1, 0.15) is 37.6 Å². The Morgan fingerprint density at radius 1 is 1.24 bits per heavy atom. The van der Waals surface area contributed by atoms with E-state index in [0.29, 0.717) is 17.2 Å². The molecule has 0 N–H and O–H groups in total. The van der Waals surface area contributed by atoms with E-state index in [0.717, 1.165) is 6.42 Å². The molecule has 0 saturated heterocycles. The number of benzene rings is 1. The summed E-state index contributed by atoms with van der Waals surface area (Å²) in [7, 11) is -1.07. The molecule has 0 amide bonds. The van der Waals surface area contributed by atoms with E-state index in [4.69, 9.17) is 0 Å². The summed E-state index contributed by atoms with van der Waals surface area (Å²) < 4.78 is 12.0. The molecule has 0 radical (unpaired) electrons. The molecular weight excluding hydrogens is 232 g/mol. The lowest BCUT2D eigenvalue weighted by Gasteiger charge is -2.13. The zero-order chi connectivity index (χ0) is 12.8. The van der Waals surface area contributed by atoms with E-state index in [1.54, 1.807) is 19.1 Å². The lowest BCUT2D eigenvalue weighted by molar-refractivity contribution is 0.0992. The average Bonchev–Trinajstić information content (AvgIpc) is 2.37. The average molecular weight is 252 g/mol. The number of rotatable bonds is 6. The van der Waals surface area contributed by atoms with Crippen LogP contribution in [0, 0.1) is 5.92 Å². The van der Waals surface area contributed by atoms with E-state index < -0.39 is 16.0 Å². The van der Waals surface area contributed by atoms with E-state index in [9.17, 15) is 9.00 Å². The van der Waals surface area contributed by atoms with E-state index >= 15 is 0 Å². The predicted octanol–water partition coefficient (Wildman–Crippen LogP) is 3.05. The third kappa shape index (κ3) is 4.08. The molecule has 0 fully saturated rings. The predicted molar refractivity (Wildman–Crippen MR) is 72.7 cm³/mol. The number of hydrogen-bond acceptors (Lipinski definition) is 2. The van der Waals surface area contributed by atoms with Crippen molar-refractivity contribution in [3.05, 3.63) is 35.9 Å². The highest BCUT2D eigenvalue weighted by molar-refractivity contribution is 7.86. The summed E-state index contributed by atoms with van der Waals surface area (Å²) in [4.78, 5) is 12.1. The first-order valence-corrected chi connectivity index (χ1v) is 7.40. The van der Waals surface area contributed by atoms with Crippen molar-refractivity contribution in [2.75, 3.05) is 5.75 Å². The summed E-state index contributed by atoms with van der Waals surface area (Å²) in [5, 5.41) is -0.411. The first-order chi connectivity index (χ1) is 8.06. The van der Waals surface area contributed by atoms with Crippen LogP contribution in [0.15, 0.2) is 30.3 Å². The maximum absolute atomic E-state index is 12.1. The summed E-state index contributed by atoms with van der Waals surface area (Å²) in [6.45, 7) is 5.90. The zero-order valence-corrected chi connectivity index (χ0v) is 11.5. The van der Waals surface area contributed by atoms with Crippen LogP contribution in [0.25, 0.3) is 0 Å². The normalized spacial score (nSPS) is 16.2. The third-order valence-corrected chi connectivity index (χ3v) is 4.87. The topological polar surface area (TPSA) is 34.1 Å². The van der Waals surface area contributed by atoms with Crippen molar-refractivity contribution in [1.29, 1.82) is 0 Å². The molecule has 3 atom stereocenters. The van der Waals surface area contributed by atoms with Gasteiger partial charge in [-0.1, -0.05) is 50.6 Å². The molecular formula is C14H20O2S. The van der Waals surface area contributed by atoms with Gasteiger partial charge in [0.25, 0.3) is 0 Å². The summed E-state index contributed by atoms with van der Waals surface area (Å²) in [5.74, 6) is 0.991. The molecule has 94 valence electrons. The molecule has 1 rings (SSSR count). The van der Waals surface area contributed by atoms with E-state index in [2.05, 4.69) is 13.8 Å². The largest absolute Gasteiger partial charge is 0.293 e. The number of carbonyl (C=O) groups excluding carboxylic acids is 1. The van der Waals surface area contributed by atoms with Crippen LogP contribution in [-0.4, -0.2) is 21.0 Å². The maximum Gasteiger partial charge on any atom is 0.178 e. The van der Waals surface area contributed by atoms with Gasteiger partial charge in [-0.3, -0.25) is 9.00 Å². The molecule has 0 saturated carbocycles. The molecule has 3 heteroatoms. The Bertz CT molecular complexity index is 386. The van der Waals surface area contributed by atoms with Crippen molar-refractivity contribution in [1.82, 2.24) is 0 Å². The third-order valence-electron chi connectivity index (χ3n) is 2.97. The van der Waals surface area contributed by atoms with E-state index in [-0.39, 0.29) is 5.78 Å². The van der Waals surface area contributed by atoms with Crippen molar-refractivity contribution in [3.8, 4) is 0 Å². The van der Waals surface area contributed by atoms with Gasteiger partial charge in [-0.05, 0) is 12.8 Å². The highest BCUT2D eigenvalue weighted by atomic mass is 32.2. The molecule has 1 aromatic carbocycles. The lowest BCUT2D eigenvalue weighted by Crippen LogP contribution is -2.26. The number of hydrogen-bond donors (Lipinski definition) is 0. The highest BCUT2D eigenvalue weighted by Gasteiger charge is 2.22. The minimum Gasteiger partial charge on any atom is -0.293 e. The van der Waals surface area contributed by atoms with Gasteiger partial charge in [0.15, 0.2) is 5.78 Å². The summed E-state index contributed by atoms with van der Waals surface area (Å²) in [6.07, 6.45) is 0.998. The van der Waals surface area contributed by atoms with Gasteiger partial charge in [0, 0.05) is 22.1 Å². The van der Waals surface area contributed by atoms with Crippen LogP contribution >= 0.6 is 0 Å². The molecule has 2 nitrogen and oxygen atoms in total. The molecule has 0 spiro atoms. The van der Waals surface area contributed by atoms with Gasteiger partial charge in [-0.2, -0.15) is 0 Å². The lowest BCUT2D eigenvalue weighted by atomic mass is 10.1. The van der Waals surface area contributed by atoms with E-state index in [1.807, 2.05) is 18.2 Å². The van der Waals surface area contributed by atoms with Crippen molar-refractivity contribution in [3.63, 3.8) is 0 Å². The standard InChI is InChI=1S/C14H20O2S/c1-4-11(2)10-17(16)12(3)14(15)13-8-6-5-7-9-13/h5-9,11-12H,4,10H2,1-3H3. The van der Waals surface area contributed by atoms with Crippen LogP contribution in [0.5, 0.6) is 0 Å². The Labute approximate surface area is 106 Å². The first-order valence-electron chi connectivity index (χ1n) is 6.02. The Morgan fingerprint density at radius 2 is 1.82 bits per heavy atom. The van der Waals surface area contributed by atoms with Gasteiger partial charge in [-0.15, -0.1) is 0 Å². The molecule has 0 bridgehead atoms. The molecule has 17 heavy (non-hydrogen) atoms. The van der Waals surface area contributed by atoms with Gasteiger partial charge < -0.3 is 0 Å². The summed E-state index contributed by atoms with van der Waals surface area (Å²) in [5.41, 5.74) is 0.650. The van der Waals surface area contributed by atoms with E-state index in [1.165, 1.54) is 0 Å². The smallest absolute Gasteiger partial charge is 0.178 e. The van der Waals surface area contributed by atoms with Crippen molar-refractivity contribution in [2.45, 2.75) is 32.4 Å². The van der Waals surface area contributed by atoms with Gasteiger partial charge in [0.05, 0.1) is 5.25 Å². The second-order valence-corrected chi connectivity index (χ2v) is 6.24. The second kappa shape index (κ2) is 6.70. The van der Waals surface area contributed by atoms with Gasteiger partial charge in [0.1, 0.15) is 0 Å². The monoisotopic (exact) mass is 252 g/mol. The zero-order valence-electron chi connectivity index (χ0n) is 10.7. The fourth-order valence-electron chi connectivity index (χ4n) is 1.50. The first kappa shape index (κ1) is 14.1. The molecule has 1 aromatic rings. The quantitative estimate of drug-likeness (QED) is 0.729. The number of ketones is 1. The maximum atomic E-state index is 12.1. The van der Waals surface area contributed by atoms with Gasteiger partial charge >= 0.3 is 0 Å². The Morgan fingerprint density at radius 3 is 2.35 bits per heavy atom. The molecule has 0 aromatic heterocycles. The fraction of sp³-hybridized carbons (Fsp3) is 0.500. The molecule has 0 aliphatic heterocycles. The van der Waals surface area contributed by atoms with Crippen LogP contribution in [0.2, 0.25) is 0 Å². The summed E-state index contributed by atoms with van der Waals surface area (Å²) in [6, 6.07) is 9.09. The van der Waals surface area contributed by atoms with Crippen LogP contribution < -0.4 is 0 Å². The minimum atomic E-state index is -1.07. The number of carbonyl (C=O) groups is 1. The van der Waals surface area contributed by atoms with Crippen molar-refractivity contribution < 1.29 is 9.00 Å². The Kier molecular flexibility index (Phi) is 5.56. The Hall–Kier alpha value is -0.960. The van der Waals surface area contributed by atoms with Crippen LogP contribution in [-0.2, 0) is 10.8 Å². The molecule has 0 heterocycles. The molecule has 0 aliphatic rings. The van der Waals surface area contributed by atoms with Gasteiger partial charge in [0.2, 0.25) is 0 Å². The minimum absolute atomic E-state index is 0.0211. The molecule has 0 aliphatic carbocycles. The van der Waals surface area contributed by atoms with Crippen molar-refractivity contribution >= 4 is 16.6 Å². The fourth-order valence-corrected chi connectivity index (χ4v) is 2.96. The highest BCUT2D eigenvalue weighted by Crippen LogP contribution is 2.12. The van der Waals surface area contributed by atoms with Crippen molar-refractivity contribution in [2.24, 2.45) is 5.92 Å². The van der Waals surface area contributed by atoms with Gasteiger partial charge in [-0.25, -0.2) is 0 Å². The second-order valence-electron chi connectivity index (χ2n) is 4.43. The number of Topliss-reactive ketones (excluding diaryl/α,β-unsaturated/α-hetero) is 1. The summed E-state index contributed by atoms with van der Waals surface area (Å²) >= 11 is 0. The van der Waals surface area contributed by atoms with Crippen LogP contribution in [0.3, 0.4) is 0 Å². The van der Waals surface area contributed by atoms with Crippen LogP contribution in [0.4, 0.5) is 0 Å². The SMILES string of the molecule is CCC(C)CS(=O)C(C)C(=O)c1ccccc1.